The van der Waals surface area contributed by atoms with Crippen LogP contribution in [0.15, 0.2) is 42.7 Å². The van der Waals surface area contributed by atoms with Crippen LogP contribution in [0.1, 0.15) is 12.5 Å². The summed E-state index contributed by atoms with van der Waals surface area (Å²) in [6, 6.07) is 7.55. The Balaban J connectivity index is 1.97. The van der Waals surface area contributed by atoms with Gasteiger partial charge >= 0.3 is 6.01 Å². The molecular formula is C15H14ClN3O2. The SMILES string of the molecule is CCOc1ncc(NC(=O)/C=C/c2ccccc2Cl)cn1. The van der Waals surface area contributed by atoms with Crippen LogP contribution < -0.4 is 10.1 Å². The molecule has 1 heterocycles. The number of carbonyl (C=O) groups excluding carboxylic acids is 1. The Kier molecular flexibility index (Phi) is 5.29. The molecule has 0 radical (unpaired) electrons. The van der Waals surface area contributed by atoms with Crippen molar-refractivity contribution in [1.29, 1.82) is 0 Å². The van der Waals surface area contributed by atoms with Gasteiger partial charge in [-0.2, -0.15) is 0 Å². The van der Waals surface area contributed by atoms with Crippen molar-refractivity contribution in [3.63, 3.8) is 0 Å². The largest absolute Gasteiger partial charge is 0.464 e. The molecule has 1 aromatic carbocycles. The van der Waals surface area contributed by atoms with E-state index in [4.69, 9.17) is 16.3 Å². The molecular weight excluding hydrogens is 290 g/mol. The van der Waals surface area contributed by atoms with Gasteiger partial charge in [-0.25, -0.2) is 9.97 Å². The van der Waals surface area contributed by atoms with Crippen molar-refractivity contribution >= 4 is 29.3 Å². The Morgan fingerprint density at radius 3 is 2.71 bits per heavy atom. The van der Waals surface area contributed by atoms with Crippen LogP contribution >= 0.6 is 11.6 Å². The van der Waals surface area contributed by atoms with Crippen molar-refractivity contribution in [3.05, 3.63) is 53.3 Å². The molecule has 1 N–H and O–H groups in total. The Bertz CT molecular complexity index is 642. The van der Waals surface area contributed by atoms with E-state index in [-0.39, 0.29) is 11.9 Å². The molecule has 1 amide bonds. The predicted molar refractivity (Wildman–Crippen MR) is 82.3 cm³/mol. The van der Waals surface area contributed by atoms with E-state index in [1.54, 1.807) is 12.1 Å². The number of hydrogen-bond acceptors (Lipinski definition) is 4. The molecule has 0 unspecified atom stereocenters. The van der Waals surface area contributed by atoms with Crippen molar-refractivity contribution in [2.24, 2.45) is 0 Å². The summed E-state index contributed by atoms with van der Waals surface area (Å²) in [4.78, 5) is 19.7. The molecule has 21 heavy (non-hydrogen) atoms. The van der Waals surface area contributed by atoms with Crippen LogP contribution in [0, 0.1) is 0 Å². The molecule has 0 bridgehead atoms. The van der Waals surface area contributed by atoms with Gasteiger partial charge in [0.05, 0.1) is 24.7 Å². The van der Waals surface area contributed by atoms with Crippen LogP contribution in [0.3, 0.4) is 0 Å². The minimum absolute atomic E-state index is 0.280. The van der Waals surface area contributed by atoms with Crippen LogP contribution in [-0.4, -0.2) is 22.5 Å². The molecule has 0 spiro atoms. The highest BCUT2D eigenvalue weighted by Gasteiger charge is 2.01. The maximum atomic E-state index is 11.8. The van der Waals surface area contributed by atoms with Gasteiger partial charge in [-0.15, -0.1) is 0 Å². The van der Waals surface area contributed by atoms with Gasteiger partial charge in [0.1, 0.15) is 0 Å². The highest BCUT2D eigenvalue weighted by atomic mass is 35.5. The average molecular weight is 304 g/mol. The van der Waals surface area contributed by atoms with Gasteiger partial charge < -0.3 is 10.1 Å². The van der Waals surface area contributed by atoms with Crippen LogP contribution in [0.2, 0.25) is 5.02 Å². The van der Waals surface area contributed by atoms with Gasteiger partial charge in [-0.3, -0.25) is 4.79 Å². The third-order valence-corrected chi connectivity index (χ3v) is 2.83. The summed E-state index contributed by atoms with van der Waals surface area (Å²) < 4.78 is 5.12. The van der Waals surface area contributed by atoms with Gasteiger partial charge in [0.25, 0.3) is 0 Å². The number of rotatable bonds is 5. The Labute approximate surface area is 127 Å². The first kappa shape index (κ1) is 15.0. The molecule has 0 fully saturated rings. The zero-order valence-corrected chi connectivity index (χ0v) is 12.2. The first-order chi connectivity index (χ1) is 10.2. The van der Waals surface area contributed by atoms with E-state index in [9.17, 15) is 4.79 Å². The molecule has 0 saturated heterocycles. The predicted octanol–water partition coefficient (Wildman–Crippen LogP) is 3.18. The van der Waals surface area contributed by atoms with Gasteiger partial charge in [-0.05, 0) is 24.6 Å². The van der Waals surface area contributed by atoms with Crippen molar-refractivity contribution in [3.8, 4) is 6.01 Å². The zero-order chi connectivity index (χ0) is 15.1. The number of nitrogens with zero attached hydrogens (tertiary/aromatic N) is 2. The Hall–Kier alpha value is -2.40. The second-order valence-corrected chi connectivity index (χ2v) is 4.44. The molecule has 2 rings (SSSR count). The van der Waals surface area contributed by atoms with Gasteiger partial charge in [-0.1, -0.05) is 29.8 Å². The summed E-state index contributed by atoms with van der Waals surface area (Å²) in [5.41, 5.74) is 1.27. The zero-order valence-electron chi connectivity index (χ0n) is 11.4. The van der Waals surface area contributed by atoms with Crippen LogP contribution in [0.25, 0.3) is 6.08 Å². The number of hydrogen-bond donors (Lipinski definition) is 1. The topological polar surface area (TPSA) is 64.1 Å². The molecule has 5 nitrogen and oxygen atoms in total. The lowest BCUT2D eigenvalue weighted by Gasteiger charge is -2.03. The van der Waals surface area contributed by atoms with Crippen LogP contribution in [-0.2, 0) is 4.79 Å². The molecule has 0 aliphatic carbocycles. The van der Waals surface area contributed by atoms with Gasteiger partial charge in [0.15, 0.2) is 0 Å². The van der Waals surface area contributed by atoms with Crippen LogP contribution in [0.5, 0.6) is 6.01 Å². The Morgan fingerprint density at radius 2 is 2.05 bits per heavy atom. The smallest absolute Gasteiger partial charge is 0.316 e. The molecule has 6 heteroatoms. The number of carbonyl (C=O) groups is 1. The summed E-state index contributed by atoms with van der Waals surface area (Å²) in [6.07, 6.45) is 6.02. The molecule has 0 aliphatic heterocycles. The molecule has 0 saturated carbocycles. The first-order valence-corrected chi connectivity index (χ1v) is 6.75. The normalized spacial score (nSPS) is 10.6. The van der Waals surface area contributed by atoms with E-state index in [0.717, 1.165) is 5.56 Å². The summed E-state index contributed by atoms with van der Waals surface area (Å²) >= 11 is 6.00. The molecule has 2 aromatic rings. The maximum Gasteiger partial charge on any atom is 0.316 e. The van der Waals surface area contributed by atoms with E-state index in [1.807, 2.05) is 25.1 Å². The number of aromatic nitrogens is 2. The number of ether oxygens (including phenoxy) is 1. The number of benzene rings is 1. The molecule has 1 aromatic heterocycles. The summed E-state index contributed by atoms with van der Waals surface area (Å²) in [6.45, 7) is 2.34. The van der Waals surface area contributed by atoms with E-state index in [2.05, 4.69) is 15.3 Å². The van der Waals surface area contributed by atoms with E-state index < -0.39 is 0 Å². The number of halogens is 1. The lowest BCUT2D eigenvalue weighted by Crippen LogP contribution is -2.08. The number of anilines is 1. The van der Waals surface area contributed by atoms with E-state index in [0.29, 0.717) is 17.3 Å². The number of amides is 1. The maximum absolute atomic E-state index is 11.8. The van der Waals surface area contributed by atoms with E-state index in [1.165, 1.54) is 18.5 Å². The van der Waals surface area contributed by atoms with Crippen molar-refractivity contribution in [2.45, 2.75) is 6.92 Å². The second kappa shape index (κ2) is 7.40. The molecule has 0 aliphatic rings. The van der Waals surface area contributed by atoms with Gasteiger partial charge in [0.2, 0.25) is 5.91 Å². The van der Waals surface area contributed by atoms with Gasteiger partial charge in [0, 0.05) is 11.1 Å². The monoisotopic (exact) mass is 303 g/mol. The van der Waals surface area contributed by atoms with Crippen molar-refractivity contribution in [2.75, 3.05) is 11.9 Å². The highest BCUT2D eigenvalue weighted by molar-refractivity contribution is 6.32. The average Bonchev–Trinajstić information content (AvgIpc) is 2.49. The minimum Gasteiger partial charge on any atom is -0.464 e. The quantitative estimate of drug-likeness (QED) is 0.862. The van der Waals surface area contributed by atoms with E-state index >= 15 is 0 Å². The lowest BCUT2D eigenvalue weighted by atomic mass is 10.2. The van der Waals surface area contributed by atoms with Crippen molar-refractivity contribution < 1.29 is 9.53 Å². The lowest BCUT2D eigenvalue weighted by molar-refractivity contribution is -0.111. The summed E-state index contributed by atoms with van der Waals surface area (Å²) in [7, 11) is 0. The van der Waals surface area contributed by atoms with Crippen LogP contribution in [0.4, 0.5) is 5.69 Å². The standard InChI is InChI=1S/C15H14ClN3O2/c1-2-21-15-17-9-12(10-18-15)19-14(20)8-7-11-5-3-4-6-13(11)16/h3-10H,2H2,1H3,(H,19,20)/b8-7+. The number of nitrogens with one attached hydrogen (secondary N) is 1. The third-order valence-electron chi connectivity index (χ3n) is 2.49. The summed E-state index contributed by atoms with van der Waals surface area (Å²) in [5.74, 6) is -0.289. The fourth-order valence-electron chi connectivity index (χ4n) is 1.54. The second-order valence-electron chi connectivity index (χ2n) is 4.03. The minimum atomic E-state index is -0.289. The molecule has 0 atom stereocenters. The summed E-state index contributed by atoms with van der Waals surface area (Å²) in [5, 5.41) is 3.24. The Morgan fingerprint density at radius 1 is 1.33 bits per heavy atom. The third kappa shape index (κ3) is 4.57. The highest BCUT2D eigenvalue weighted by Crippen LogP contribution is 2.16. The fraction of sp³-hybridized carbons (Fsp3) is 0.133. The first-order valence-electron chi connectivity index (χ1n) is 6.37. The molecule has 108 valence electrons. The fourth-order valence-corrected chi connectivity index (χ4v) is 1.74. The van der Waals surface area contributed by atoms with Crippen molar-refractivity contribution in [1.82, 2.24) is 9.97 Å².